The molecule has 0 aromatic heterocycles. The molecule has 1 aliphatic carbocycles. The van der Waals surface area contributed by atoms with Crippen molar-refractivity contribution in [1.82, 2.24) is 4.90 Å². The van der Waals surface area contributed by atoms with Gasteiger partial charge >= 0.3 is 0 Å². The summed E-state index contributed by atoms with van der Waals surface area (Å²) in [6.45, 7) is 4.40. The third-order valence-electron chi connectivity index (χ3n) is 4.53. The van der Waals surface area contributed by atoms with E-state index < -0.39 is 0 Å². The summed E-state index contributed by atoms with van der Waals surface area (Å²) >= 11 is 0. The van der Waals surface area contributed by atoms with Crippen molar-refractivity contribution < 1.29 is 4.74 Å². The lowest BCUT2D eigenvalue weighted by molar-refractivity contribution is -0.0586. The fourth-order valence-corrected chi connectivity index (χ4v) is 3.41. The van der Waals surface area contributed by atoms with Gasteiger partial charge in [0.15, 0.2) is 0 Å². The molecule has 0 aromatic carbocycles. The number of nitrogens with zero attached hydrogens (tertiary/aromatic N) is 1. The summed E-state index contributed by atoms with van der Waals surface area (Å²) < 4.78 is 5.85. The van der Waals surface area contributed by atoms with Crippen LogP contribution in [0.5, 0.6) is 0 Å². The first-order valence-electron chi connectivity index (χ1n) is 6.38. The maximum absolute atomic E-state index is 5.91. The Morgan fingerprint density at radius 3 is 2.33 bits per heavy atom. The molecule has 3 rings (SSSR count). The zero-order valence-corrected chi connectivity index (χ0v) is 9.45. The number of ether oxygens (including phenoxy) is 1. The highest BCUT2D eigenvalue weighted by Crippen LogP contribution is 2.41. The number of hydrogen-bond donors (Lipinski definition) is 1. The third kappa shape index (κ3) is 1.81. The molecule has 0 amide bonds. The van der Waals surface area contributed by atoms with Gasteiger partial charge in [0.05, 0.1) is 12.2 Å². The molecule has 3 fully saturated rings. The Hall–Kier alpha value is -0.120. The van der Waals surface area contributed by atoms with Crippen LogP contribution in [0.1, 0.15) is 32.1 Å². The number of hydrogen-bond acceptors (Lipinski definition) is 3. The van der Waals surface area contributed by atoms with E-state index in [0.29, 0.717) is 17.6 Å². The molecule has 2 bridgehead atoms. The largest absolute Gasteiger partial charge is 0.372 e. The average Bonchev–Trinajstić information content (AvgIpc) is 2.52. The summed E-state index contributed by atoms with van der Waals surface area (Å²) in [5.41, 5.74) is 6.38. The van der Waals surface area contributed by atoms with Gasteiger partial charge in [-0.2, -0.15) is 0 Å². The molecule has 3 nitrogen and oxygen atoms in total. The minimum absolute atomic E-state index is 0.469. The van der Waals surface area contributed by atoms with E-state index in [1.165, 1.54) is 38.6 Å². The molecule has 1 saturated carbocycles. The normalized spacial score (nSPS) is 39.0. The van der Waals surface area contributed by atoms with Gasteiger partial charge < -0.3 is 10.5 Å². The predicted octanol–water partition coefficient (Wildman–Crippen LogP) is 0.979. The molecule has 2 atom stereocenters. The second kappa shape index (κ2) is 3.72. The molecular formula is C12H22N2O. The van der Waals surface area contributed by atoms with E-state index in [4.69, 9.17) is 10.5 Å². The molecule has 2 unspecified atom stereocenters. The molecule has 0 spiro atoms. The number of rotatable bonds is 3. The highest BCUT2D eigenvalue weighted by atomic mass is 16.5. The van der Waals surface area contributed by atoms with Gasteiger partial charge in [-0.3, -0.25) is 4.90 Å². The summed E-state index contributed by atoms with van der Waals surface area (Å²) in [5, 5.41) is 0. The van der Waals surface area contributed by atoms with Crippen LogP contribution in [0.15, 0.2) is 0 Å². The van der Waals surface area contributed by atoms with Gasteiger partial charge in [0, 0.05) is 19.6 Å². The van der Waals surface area contributed by atoms with Crippen molar-refractivity contribution in [3.63, 3.8) is 0 Å². The predicted molar refractivity (Wildman–Crippen MR) is 59.7 cm³/mol. The Bertz CT molecular complexity index is 222. The van der Waals surface area contributed by atoms with Crippen LogP contribution in [0.4, 0.5) is 0 Å². The van der Waals surface area contributed by atoms with Crippen molar-refractivity contribution in [3.05, 3.63) is 0 Å². The zero-order valence-electron chi connectivity index (χ0n) is 9.45. The zero-order chi connectivity index (χ0) is 10.3. The van der Waals surface area contributed by atoms with E-state index in [-0.39, 0.29) is 0 Å². The Kier molecular flexibility index (Phi) is 2.49. The van der Waals surface area contributed by atoms with Gasteiger partial charge in [0.2, 0.25) is 0 Å². The van der Waals surface area contributed by atoms with Crippen molar-refractivity contribution in [1.29, 1.82) is 0 Å². The number of morpholine rings is 1. The van der Waals surface area contributed by atoms with Crippen LogP contribution in [0.25, 0.3) is 0 Å². The average molecular weight is 210 g/mol. The molecule has 0 radical (unpaired) electrons. The Balaban J connectivity index is 1.59. The minimum Gasteiger partial charge on any atom is -0.372 e. The molecule has 0 aromatic rings. The van der Waals surface area contributed by atoms with Crippen LogP contribution in [-0.2, 0) is 4.74 Å². The van der Waals surface area contributed by atoms with E-state index >= 15 is 0 Å². The maximum Gasteiger partial charge on any atom is 0.0707 e. The lowest BCUT2D eigenvalue weighted by atomic mass is 9.68. The Morgan fingerprint density at radius 1 is 1.20 bits per heavy atom. The van der Waals surface area contributed by atoms with Crippen LogP contribution in [0.3, 0.4) is 0 Å². The first-order chi connectivity index (χ1) is 7.30. The highest BCUT2D eigenvalue weighted by Gasteiger charge is 2.41. The van der Waals surface area contributed by atoms with Crippen LogP contribution >= 0.6 is 0 Å². The van der Waals surface area contributed by atoms with Gasteiger partial charge in [-0.15, -0.1) is 0 Å². The summed E-state index contributed by atoms with van der Waals surface area (Å²) in [6.07, 6.45) is 7.67. The minimum atomic E-state index is 0.469. The Labute approximate surface area is 91.9 Å². The summed E-state index contributed by atoms with van der Waals surface area (Å²) in [6, 6.07) is 0. The van der Waals surface area contributed by atoms with Gasteiger partial charge in [0.25, 0.3) is 0 Å². The highest BCUT2D eigenvalue weighted by molar-refractivity contribution is 4.94. The fourth-order valence-electron chi connectivity index (χ4n) is 3.41. The quantitative estimate of drug-likeness (QED) is 0.754. The van der Waals surface area contributed by atoms with Crippen molar-refractivity contribution in [2.45, 2.75) is 44.3 Å². The molecule has 3 aliphatic rings. The second-order valence-electron chi connectivity index (χ2n) is 5.71. The number of nitrogens with two attached hydrogens (primary N) is 1. The van der Waals surface area contributed by atoms with Gasteiger partial charge in [-0.25, -0.2) is 0 Å². The van der Waals surface area contributed by atoms with Gasteiger partial charge in [0.1, 0.15) is 0 Å². The van der Waals surface area contributed by atoms with Gasteiger partial charge in [-0.05, 0) is 37.6 Å². The van der Waals surface area contributed by atoms with Crippen molar-refractivity contribution in [3.8, 4) is 0 Å². The molecule has 2 saturated heterocycles. The van der Waals surface area contributed by atoms with Gasteiger partial charge in [-0.1, -0.05) is 6.42 Å². The SMILES string of the molecule is NCC1(CN2CC3CCC(C2)O3)CCC1. The number of fused-ring (bicyclic) bond motifs is 2. The second-order valence-corrected chi connectivity index (χ2v) is 5.71. The topological polar surface area (TPSA) is 38.5 Å². The molecule has 2 aliphatic heterocycles. The summed E-state index contributed by atoms with van der Waals surface area (Å²) in [4.78, 5) is 2.61. The lowest BCUT2D eigenvalue weighted by Crippen LogP contribution is -2.52. The molecule has 2 heterocycles. The van der Waals surface area contributed by atoms with Crippen LogP contribution in [0, 0.1) is 5.41 Å². The fraction of sp³-hybridized carbons (Fsp3) is 1.00. The molecular weight excluding hydrogens is 188 g/mol. The summed E-state index contributed by atoms with van der Waals surface area (Å²) in [5.74, 6) is 0. The van der Waals surface area contributed by atoms with E-state index in [1.807, 2.05) is 0 Å². The van der Waals surface area contributed by atoms with E-state index in [1.54, 1.807) is 0 Å². The van der Waals surface area contributed by atoms with Crippen LogP contribution < -0.4 is 5.73 Å². The monoisotopic (exact) mass is 210 g/mol. The maximum atomic E-state index is 5.91. The summed E-state index contributed by atoms with van der Waals surface area (Å²) in [7, 11) is 0. The Morgan fingerprint density at radius 2 is 1.87 bits per heavy atom. The third-order valence-corrected chi connectivity index (χ3v) is 4.53. The molecule has 2 N–H and O–H groups in total. The standard InChI is InChI=1S/C12H22N2O/c13-8-12(4-1-5-12)9-14-6-10-2-3-11(7-14)15-10/h10-11H,1-9,13H2. The van der Waals surface area contributed by atoms with Crippen molar-refractivity contribution >= 4 is 0 Å². The number of likely N-dealkylation sites (tertiary alicyclic amines) is 1. The van der Waals surface area contributed by atoms with E-state index in [9.17, 15) is 0 Å². The molecule has 3 heteroatoms. The van der Waals surface area contributed by atoms with E-state index in [2.05, 4.69) is 4.90 Å². The molecule has 15 heavy (non-hydrogen) atoms. The lowest BCUT2D eigenvalue weighted by Gasteiger charge is -2.46. The smallest absolute Gasteiger partial charge is 0.0707 e. The van der Waals surface area contributed by atoms with Crippen LogP contribution in [0.2, 0.25) is 0 Å². The van der Waals surface area contributed by atoms with Crippen LogP contribution in [-0.4, -0.2) is 43.3 Å². The van der Waals surface area contributed by atoms with E-state index in [0.717, 1.165) is 19.6 Å². The van der Waals surface area contributed by atoms with Crippen molar-refractivity contribution in [2.24, 2.45) is 11.1 Å². The first kappa shape index (κ1) is 10.1. The molecule has 86 valence electrons. The van der Waals surface area contributed by atoms with Crippen molar-refractivity contribution in [2.75, 3.05) is 26.2 Å². The first-order valence-corrected chi connectivity index (χ1v) is 6.38.